The Balaban J connectivity index is 1.81. The van der Waals surface area contributed by atoms with Gasteiger partial charge in [-0.3, -0.25) is 9.59 Å². The maximum atomic E-state index is 11.9. The fourth-order valence-corrected chi connectivity index (χ4v) is 2.58. The summed E-state index contributed by atoms with van der Waals surface area (Å²) in [4.78, 5) is 31.8. The van der Waals surface area contributed by atoms with Crippen LogP contribution in [0.2, 0.25) is 0 Å². The van der Waals surface area contributed by atoms with E-state index in [1.54, 1.807) is 0 Å². The molecule has 1 aliphatic heterocycles. The number of anilines is 1. The number of H-pyrrole nitrogens is 1. The van der Waals surface area contributed by atoms with Crippen molar-refractivity contribution in [3.8, 4) is 0 Å². The number of piperidine rings is 1. The van der Waals surface area contributed by atoms with E-state index in [1.807, 2.05) is 27.5 Å². The number of likely N-dealkylation sites (tertiary alicyclic amines) is 1. The van der Waals surface area contributed by atoms with Gasteiger partial charge in [-0.15, -0.1) is 0 Å². The summed E-state index contributed by atoms with van der Waals surface area (Å²) in [5, 5.41) is 3.04. The van der Waals surface area contributed by atoms with Crippen molar-refractivity contribution in [2.24, 2.45) is 0 Å². The molecule has 0 saturated carbocycles. The van der Waals surface area contributed by atoms with E-state index in [0.717, 1.165) is 25.9 Å². The van der Waals surface area contributed by atoms with Crippen molar-refractivity contribution in [2.75, 3.05) is 25.0 Å². The molecule has 19 heavy (non-hydrogen) atoms. The first kappa shape index (κ1) is 14.3. The van der Waals surface area contributed by atoms with E-state index >= 15 is 0 Å². The van der Waals surface area contributed by atoms with Gasteiger partial charge < -0.3 is 15.2 Å². The van der Waals surface area contributed by atoms with Gasteiger partial charge in [0.1, 0.15) is 9.39 Å². The van der Waals surface area contributed by atoms with Gasteiger partial charge in [0.15, 0.2) is 0 Å². The lowest BCUT2D eigenvalue weighted by Crippen LogP contribution is -2.36. The third-order valence-corrected chi connectivity index (χ3v) is 4.14. The summed E-state index contributed by atoms with van der Waals surface area (Å²) < 4.78 is 0.519. The number of rotatable bonds is 4. The fourth-order valence-electron chi connectivity index (χ4n) is 2.10. The zero-order valence-corrected chi connectivity index (χ0v) is 12.8. The number of hydrogen-bond donors (Lipinski definition) is 2. The van der Waals surface area contributed by atoms with Crippen molar-refractivity contribution in [3.05, 3.63) is 20.3 Å². The molecule has 0 radical (unpaired) electrons. The number of hydrogen-bond acceptors (Lipinski definition) is 4. The predicted molar refractivity (Wildman–Crippen MR) is 81.1 cm³/mol. The van der Waals surface area contributed by atoms with Crippen LogP contribution in [0, 0.1) is 3.57 Å². The number of halogens is 1. The molecule has 0 unspecified atom stereocenters. The highest BCUT2D eigenvalue weighted by atomic mass is 127. The number of carbonyl (C=O) groups excluding carboxylic acids is 1. The fraction of sp³-hybridized carbons (Fsp3) is 0.583. The Morgan fingerprint density at radius 3 is 2.89 bits per heavy atom. The van der Waals surface area contributed by atoms with Crippen LogP contribution in [-0.4, -0.2) is 40.4 Å². The molecule has 1 fully saturated rings. The van der Waals surface area contributed by atoms with E-state index in [9.17, 15) is 9.59 Å². The second-order valence-corrected chi connectivity index (χ2v) is 5.59. The average molecular weight is 376 g/mol. The lowest BCUT2D eigenvalue weighted by molar-refractivity contribution is -0.131. The van der Waals surface area contributed by atoms with Crippen LogP contribution in [0.25, 0.3) is 0 Å². The highest BCUT2D eigenvalue weighted by molar-refractivity contribution is 14.1. The van der Waals surface area contributed by atoms with Crippen molar-refractivity contribution >= 4 is 34.3 Å². The normalized spacial score (nSPS) is 15.3. The molecule has 0 spiro atoms. The van der Waals surface area contributed by atoms with Gasteiger partial charge in [0.2, 0.25) is 5.91 Å². The summed E-state index contributed by atoms with van der Waals surface area (Å²) in [5.74, 6) is 0.711. The molecule has 0 bridgehead atoms. The Labute approximate surface area is 125 Å². The van der Waals surface area contributed by atoms with Gasteiger partial charge in [0.05, 0.1) is 6.33 Å². The smallest absolute Gasteiger partial charge is 0.266 e. The standard InChI is InChI=1S/C12H17IN4O2/c13-10-11(15-8-16-12(10)19)14-5-4-9(18)17-6-2-1-3-7-17/h8H,1-7H2,(H2,14,15,16,19). The van der Waals surface area contributed by atoms with Crippen molar-refractivity contribution in [1.82, 2.24) is 14.9 Å². The van der Waals surface area contributed by atoms with Gasteiger partial charge in [-0.25, -0.2) is 4.98 Å². The lowest BCUT2D eigenvalue weighted by Gasteiger charge is -2.26. The topological polar surface area (TPSA) is 78.1 Å². The Hall–Kier alpha value is -1.12. The summed E-state index contributed by atoms with van der Waals surface area (Å²) in [5.41, 5.74) is -0.166. The highest BCUT2D eigenvalue weighted by Crippen LogP contribution is 2.11. The van der Waals surface area contributed by atoms with E-state index in [-0.39, 0.29) is 11.5 Å². The molecule has 104 valence electrons. The number of aromatic nitrogens is 2. The maximum absolute atomic E-state index is 11.9. The summed E-state index contributed by atoms with van der Waals surface area (Å²) in [6.45, 7) is 2.25. The number of aromatic amines is 1. The minimum Gasteiger partial charge on any atom is -0.368 e. The molecule has 2 N–H and O–H groups in total. The average Bonchev–Trinajstić information content (AvgIpc) is 2.44. The zero-order chi connectivity index (χ0) is 13.7. The van der Waals surface area contributed by atoms with E-state index in [0.29, 0.717) is 22.4 Å². The molecule has 6 nitrogen and oxygen atoms in total. The van der Waals surface area contributed by atoms with E-state index in [1.165, 1.54) is 12.7 Å². The zero-order valence-electron chi connectivity index (χ0n) is 10.6. The quantitative estimate of drug-likeness (QED) is 0.774. The van der Waals surface area contributed by atoms with Crippen LogP contribution >= 0.6 is 22.6 Å². The van der Waals surface area contributed by atoms with E-state index in [2.05, 4.69) is 15.3 Å². The molecule has 0 atom stereocenters. The maximum Gasteiger partial charge on any atom is 0.266 e. The summed E-state index contributed by atoms with van der Waals surface area (Å²) in [6.07, 6.45) is 5.22. The van der Waals surface area contributed by atoms with Crippen molar-refractivity contribution in [3.63, 3.8) is 0 Å². The Kier molecular flexibility index (Phi) is 5.17. The number of nitrogens with zero attached hydrogens (tertiary/aromatic N) is 2. The van der Waals surface area contributed by atoms with Gasteiger partial charge in [-0.1, -0.05) is 0 Å². The van der Waals surface area contributed by atoms with Crippen LogP contribution in [0.5, 0.6) is 0 Å². The van der Waals surface area contributed by atoms with Gasteiger partial charge in [0.25, 0.3) is 5.56 Å². The highest BCUT2D eigenvalue weighted by Gasteiger charge is 2.16. The Morgan fingerprint density at radius 2 is 2.16 bits per heavy atom. The summed E-state index contributed by atoms with van der Waals surface area (Å²) in [7, 11) is 0. The predicted octanol–water partition coefficient (Wildman–Crippen LogP) is 1.19. The largest absolute Gasteiger partial charge is 0.368 e. The van der Waals surface area contributed by atoms with Gasteiger partial charge in [0, 0.05) is 26.1 Å². The minimum absolute atomic E-state index is 0.166. The molecule has 1 amide bonds. The lowest BCUT2D eigenvalue weighted by atomic mass is 10.1. The van der Waals surface area contributed by atoms with Crippen LogP contribution in [0.3, 0.4) is 0 Å². The van der Waals surface area contributed by atoms with Gasteiger partial charge >= 0.3 is 0 Å². The summed E-state index contributed by atoms with van der Waals surface area (Å²) >= 11 is 1.94. The van der Waals surface area contributed by atoms with Crippen LogP contribution < -0.4 is 10.9 Å². The first-order valence-corrected chi connectivity index (χ1v) is 7.51. The minimum atomic E-state index is -0.166. The molecule has 0 aliphatic carbocycles. The summed E-state index contributed by atoms with van der Waals surface area (Å²) in [6, 6.07) is 0. The van der Waals surface area contributed by atoms with Crippen LogP contribution in [-0.2, 0) is 4.79 Å². The SMILES string of the molecule is O=C(CCNc1nc[nH]c(=O)c1I)N1CCCCC1. The van der Waals surface area contributed by atoms with Crippen molar-refractivity contribution < 1.29 is 4.79 Å². The molecule has 0 aromatic carbocycles. The van der Waals surface area contributed by atoms with Crippen LogP contribution in [0.4, 0.5) is 5.82 Å². The molecule has 1 aromatic heterocycles. The first-order chi connectivity index (χ1) is 9.18. The van der Waals surface area contributed by atoms with Crippen LogP contribution in [0.15, 0.2) is 11.1 Å². The molecular formula is C12H17IN4O2. The van der Waals surface area contributed by atoms with Crippen molar-refractivity contribution in [2.45, 2.75) is 25.7 Å². The van der Waals surface area contributed by atoms with E-state index < -0.39 is 0 Å². The van der Waals surface area contributed by atoms with E-state index in [4.69, 9.17) is 0 Å². The molecule has 1 aliphatic rings. The second kappa shape index (κ2) is 6.88. The molecular weight excluding hydrogens is 359 g/mol. The molecule has 1 saturated heterocycles. The number of amides is 1. The number of nitrogens with one attached hydrogen (secondary N) is 2. The van der Waals surface area contributed by atoms with Crippen molar-refractivity contribution in [1.29, 1.82) is 0 Å². The monoisotopic (exact) mass is 376 g/mol. The van der Waals surface area contributed by atoms with Gasteiger partial charge in [-0.05, 0) is 41.9 Å². The second-order valence-electron chi connectivity index (χ2n) is 4.51. The first-order valence-electron chi connectivity index (χ1n) is 6.43. The molecule has 2 heterocycles. The molecule has 2 rings (SSSR count). The Bertz CT molecular complexity index is 497. The third-order valence-electron chi connectivity index (χ3n) is 3.14. The van der Waals surface area contributed by atoms with Crippen LogP contribution in [0.1, 0.15) is 25.7 Å². The number of carbonyl (C=O) groups is 1. The molecule has 1 aromatic rings. The van der Waals surface area contributed by atoms with Gasteiger partial charge in [-0.2, -0.15) is 0 Å². The Morgan fingerprint density at radius 1 is 1.42 bits per heavy atom. The third kappa shape index (κ3) is 3.92. The molecule has 7 heteroatoms.